The van der Waals surface area contributed by atoms with Crippen molar-refractivity contribution in [2.45, 2.75) is 6.54 Å². The van der Waals surface area contributed by atoms with Gasteiger partial charge in [0.15, 0.2) is 0 Å². The number of anilines is 1. The number of H-pyrrole nitrogens is 1. The first-order valence-corrected chi connectivity index (χ1v) is 11.1. The van der Waals surface area contributed by atoms with E-state index in [2.05, 4.69) is 81.6 Å². The maximum Gasteiger partial charge on any atom is 0.0728 e. The second-order valence-electron chi connectivity index (χ2n) is 7.32. The van der Waals surface area contributed by atoms with Crippen LogP contribution in [-0.4, -0.2) is 34.0 Å². The highest BCUT2D eigenvalue weighted by molar-refractivity contribution is 8.03. The normalized spacial score (nSPS) is 15.6. The minimum absolute atomic E-state index is 0.142. The molecule has 0 amide bonds. The van der Waals surface area contributed by atoms with Crippen molar-refractivity contribution >= 4 is 33.9 Å². The van der Waals surface area contributed by atoms with E-state index in [4.69, 9.17) is 5.11 Å². The van der Waals surface area contributed by atoms with Gasteiger partial charge in [-0.05, 0) is 41.5 Å². The molecule has 6 heteroatoms. The molecule has 2 aliphatic heterocycles. The van der Waals surface area contributed by atoms with E-state index in [1.807, 2.05) is 24.0 Å². The Bertz CT molecular complexity index is 1150. The van der Waals surface area contributed by atoms with Gasteiger partial charge in [-0.15, -0.1) is 11.8 Å². The molecule has 3 heterocycles. The van der Waals surface area contributed by atoms with Crippen LogP contribution in [-0.2, 0) is 6.54 Å². The number of nitrogens with one attached hydrogen (secondary N) is 3. The largest absolute Gasteiger partial charge is 0.395 e. The van der Waals surface area contributed by atoms with Crippen LogP contribution < -0.4 is 10.7 Å². The lowest BCUT2D eigenvalue weighted by Crippen LogP contribution is -2.25. The first-order valence-electron chi connectivity index (χ1n) is 10.1. The lowest BCUT2D eigenvalue weighted by molar-refractivity contribution is 0.292. The molecule has 5 nitrogen and oxygen atoms in total. The van der Waals surface area contributed by atoms with Crippen molar-refractivity contribution in [2.75, 3.05) is 24.3 Å². The fourth-order valence-electron chi connectivity index (χ4n) is 3.82. The zero-order valence-corrected chi connectivity index (χ0v) is 17.4. The summed E-state index contributed by atoms with van der Waals surface area (Å²) in [6, 6.07) is 16.9. The van der Waals surface area contributed by atoms with Crippen molar-refractivity contribution in [3.05, 3.63) is 94.8 Å². The van der Waals surface area contributed by atoms with Gasteiger partial charge in [0, 0.05) is 52.6 Å². The number of hydrazine groups is 1. The van der Waals surface area contributed by atoms with Gasteiger partial charge in [-0.3, -0.25) is 10.4 Å². The van der Waals surface area contributed by atoms with Crippen LogP contribution in [0, 0.1) is 0 Å². The second-order valence-corrected chi connectivity index (χ2v) is 8.38. The van der Waals surface area contributed by atoms with Crippen molar-refractivity contribution in [3.63, 3.8) is 0 Å². The second kappa shape index (κ2) is 8.44. The summed E-state index contributed by atoms with van der Waals surface area (Å²) in [6.45, 7) is 1.45. The number of fused-ring (bicyclic) bond motifs is 2. The summed E-state index contributed by atoms with van der Waals surface area (Å²) < 4.78 is 0. The lowest BCUT2D eigenvalue weighted by Gasteiger charge is -2.29. The summed E-state index contributed by atoms with van der Waals surface area (Å²) in [5.74, 6) is 0.993. The highest BCUT2D eigenvalue weighted by Crippen LogP contribution is 2.40. The smallest absolute Gasteiger partial charge is 0.0728 e. The molecule has 0 spiro atoms. The molecular formula is C24H24N4OS. The molecule has 0 fully saturated rings. The monoisotopic (exact) mass is 416 g/mol. The molecule has 0 aliphatic carbocycles. The number of aromatic nitrogens is 1. The van der Waals surface area contributed by atoms with E-state index in [1.54, 1.807) is 0 Å². The van der Waals surface area contributed by atoms with E-state index in [0.29, 0.717) is 6.54 Å². The Morgan fingerprint density at radius 3 is 2.90 bits per heavy atom. The van der Waals surface area contributed by atoms with Gasteiger partial charge in [0.1, 0.15) is 0 Å². The van der Waals surface area contributed by atoms with Gasteiger partial charge in [0.2, 0.25) is 0 Å². The van der Waals surface area contributed by atoms with Crippen molar-refractivity contribution in [1.29, 1.82) is 0 Å². The molecule has 152 valence electrons. The molecule has 3 aromatic rings. The maximum atomic E-state index is 9.01. The molecular weight excluding hydrogens is 392 g/mol. The minimum atomic E-state index is 0.142. The van der Waals surface area contributed by atoms with Gasteiger partial charge in [0.05, 0.1) is 18.0 Å². The van der Waals surface area contributed by atoms with Gasteiger partial charge in [-0.2, -0.15) is 0 Å². The number of benzene rings is 2. The number of allylic oxidation sites excluding steroid dienone is 2. The molecule has 0 atom stereocenters. The number of hydrogen-bond donors (Lipinski definition) is 4. The molecule has 1 aromatic heterocycles. The van der Waals surface area contributed by atoms with E-state index in [9.17, 15) is 0 Å². The minimum Gasteiger partial charge on any atom is -0.395 e. The van der Waals surface area contributed by atoms with Gasteiger partial charge in [0.25, 0.3) is 0 Å². The van der Waals surface area contributed by atoms with Gasteiger partial charge >= 0.3 is 0 Å². The molecule has 0 radical (unpaired) electrons. The summed E-state index contributed by atoms with van der Waals surface area (Å²) in [4.78, 5) is 4.62. The van der Waals surface area contributed by atoms with Crippen LogP contribution >= 0.6 is 11.8 Å². The third kappa shape index (κ3) is 3.77. The molecule has 0 unspecified atom stereocenters. The number of aliphatic hydroxyl groups excluding tert-OH is 1. The number of hydrogen-bond acceptors (Lipinski definition) is 5. The van der Waals surface area contributed by atoms with E-state index in [1.165, 1.54) is 32.7 Å². The SMILES string of the molecule is OCCNCc1c[nH]c2ccc(NN3C=C(c4ccccc4)C=C4SCC=C43)cc12. The van der Waals surface area contributed by atoms with Crippen LogP contribution in [0.2, 0.25) is 0 Å². The number of nitrogens with zero attached hydrogens (tertiary/aromatic N) is 1. The average molecular weight is 417 g/mol. The summed E-state index contributed by atoms with van der Waals surface area (Å²) in [7, 11) is 0. The molecule has 0 bridgehead atoms. The quantitative estimate of drug-likeness (QED) is 0.429. The summed E-state index contributed by atoms with van der Waals surface area (Å²) in [6.07, 6.45) is 8.74. The highest BCUT2D eigenvalue weighted by Gasteiger charge is 2.23. The number of thioether (sulfide) groups is 1. The van der Waals surface area contributed by atoms with Crippen molar-refractivity contribution < 1.29 is 5.11 Å². The predicted octanol–water partition coefficient (Wildman–Crippen LogP) is 4.45. The van der Waals surface area contributed by atoms with Gasteiger partial charge < -0.3 is 15.4 Å². The third-order valence-corrected chi connectivity index (χ3v) is 6.28. The molecule has 2 aromatic carbocycles. The van der Waals surface area contributed by atoms with E-state index >= 15 is 0 Å². The zero-order valence-electron chi connectivity index (χ0n) is 16.6. The summed E-state index contributed by atoms with van der Waals surface area (Å²) >= 11 is 1.87. The molecule has 0 saturated heterocycles. The topological polar surface area (TPSA) is 63.3 Å². The third-order valence-electron chi connectivity index (χ3n) is 5.31. The molecule has 5 rings (SSSR count). The van der Waals surface area contributed by atoms with Crippen LogP contribution in [0.3, 0.4) is 0 Å². The van der Waals surface area contributed by atoms with Crippen LogP contribution in [0.1, 0.15) is 11.1 Å². The lowest BCUT2D eigenvalue weighted by atomic mass is 10.0. The van der Waals surface area contributed by atoms with Crippen molar-refractivity contribution in [3.8, 4) is 0 Å². The first kappa shape index (κ1) is 19.1. The average Bonchev–Trinajstić information content (AvgIpc) is 3.42. The van der Waals surface area contributed by atoms with Gasteiger partial charge in [-0.25, -0.2) is 0 Å². The van der Waals surface area contributed by atoms with Crippen molar-refractivity contribution in [1.82, 2.24) is 15.3 Å². The number of aliphatic hydroxyl groups is 1. The van der Waals surface area contributed by atoms with Crippen molar-refractivity contribution in [2.24, 2.45) is 0 Å². The number of aromatic amines is 1. The van der Waals surface area contributed by atoms with Crippen LogP contribution in [0.4, 0.5) is 5.69 Å². The first-order chi connectivity index (χ1) is 14.8. The molecule has 30 heavy (non-hydrogen) atoms. The fraction of sp³-hybridized carbons (Fsp3) is 0.167. The predicted molar refractivity (Wildman–Crippen MR) is 126 cm³/mol. The summed E-state index contributed by atoms with van der Waals surface area (Å²) in [5.41, 5.74) is 10.5. The Kier molecular flexibility index (Phi) is 5.36. The molecule has 2 aliphatic rings. The Morgan fingerprint density at radius 1 is 1.13 bits per heavy atom. The fourth-order valence-corrected chi connectivity index (χ4v) is 4.78. The Labute approximate surface area is 180 Å². The molecule has 4 N–H and O–H groups in total. The standard InChI is InChI=1S/C24H24N4OS/c29-10-9-25-14-19-15-26-22-7-6-20(13-21(19)22)27-28-16-18(17-4-2-1-3-5-17)12-24-23(28)8-11-30-24/h1-8,12-13,15-16,25-27,29H,9-11,14H2. The van der Waals surface area contributed by atoms with Crippen LogP contribution in [0.25, 0.3) is 16.5 Å². The van der Waals surface area contributed by atoms with E-state index in [-0.39, 0.29) is 6.61 Å². The number of rotatable bonds is 7. The Balaban J connectivity index is 1.44. The van der Waals surface area contributed by atoms with Crippen LogP contribution in [0.5, 0.6) is 0 Å². The Hall–Kier alpha value is -2.93. The van der Waals surface area contributed by atoms with E-state index < -0.39 is 0 Å². The summed E-state index contributed by atoms with van der Waals surface area (Å²) in [5, 5.41) is 15.6. The maximum absolute atomic E-state index is 9.01. The highest BCUT2D eigenvalue weighted by atomic mass is 32.2. The zero-order chi connectivity index (χ0) is 20.3. The molecule has 0 saturated carbocycles. The Morgan fingerprint density at radius 2 is 2.03 bits per heavy atom. The van der Waals surface area contributed by atoms with Crippen LogP contribution in [0.15, 0.2) is 83.7 Å². The van der Waals surface area contributed by atoms with Gasteiger partial charge in [-0.1, -0.05) is 30.3 Å². The van der Waals surface area contributed by atoms with E-state index in [0.717, 1.165) is 23.5 Å².